The predicted octanol–water partition coefficient (Wildman–Crippen LogP) is 0.364. The number of rotatable bonds is 5. The van der Waals surface area contributed by atoms with Crippen LogP contribution in [0.2, 0.25) is 0 Å². The highest BCUT2D eigenvalue weighted by Crippen LogP contribution is 2.18. The Balaban J connectivity index is 1.62. The van der Waals surface area contributed by atoms with Crippen LogP contribution < -0.4 is 10.6 Å². The average molecular weight is 267 g/mol. The molecule has 0 radical (unpaired) electrons. The highest BCUT2D eigenvalue weighted by Gasteiger charge is 2.24. The van der Waals surface area contributed by atoms with Crippen LogP contribution in [0.5, 0.6) is 0 Å². The van der Waals surface area contributed by atoms with Gasteiger partial charge in [-0.1, -0.05) is 0 Å². The maximum Gasteiger partial charge on any atom is 0.315 e. The molecule has 6 nitrogen and oxygen atoms in total. The van der Waals surface area contributed by atoms with Crippen LogP contribution in [-0.4, -0.2) is 41.1 Å². The normalized spacial score (nSPS) is 22.4. The van der Waals surface area contributed by atoms with Crippen molar-refractivity contribution in [3.8, 4) is 0 Å². The molecule has 19 heavy (non-hydrogen) atoms. The van der Waals surface area contributed by atoms with E-state index in [4.69, 9.17) is 9.84 Å². The lowest BCUT2D eigenvalue weighted by Gasteiger charge is -2.13. The zero-order chi connectivity index (χ0) is 13.7. The summed E-state index contributed by atoms with van der Waals surface area (Å²) in [5, 5.41) is 14.5. The zero-order valence-corrected chi connectivity index (χ0v) is 11.1. The quantitative estimate of drug-likeness (QED) is 0.721. The fourth-order valence-corrected chi connectivity index (χ4v) is 2.18. The molecule has 2 amide bonds. The number of nitrogens with one attached hydrogen (secondary N) is 2. The third kappa shape index (κ3) is 4.25. The van der Waals surface area contributed by atoms with Crippen LogP contribution in [0.25, 0.3) is 0 Å². The third-order valence-corrected chi connectivity index (χ3v) is 3.24. The maximum atomic E-state index is 11.6. The second kappa shape index (κ2) is 6.58. The molecule has 1 fully saturated rings. The summed E-state index contributed by atoms with van der Waals surface area (Å²) >= 11 is 0. The second-order valence-electron chi connectivity index (χ2n) is 4.89. The second-order valence-corrected chi connectivity index (χ2v) is 4.89. The Morgan fingerprint density at radius 1 is 1.47 bits per heavy atom. The summed E-state index contributed by atoms with van der Waals surface area (Å²) in [5.41, 5.74) is 1.06. The highest BCUT2D eigenvalue weighted by molar-refractivity contribution is 5.73. The Morgan fingerprint density at radius 3 is 2.89 bits per heavy atom. The number of carbonyl (C=O) groups is 1. The van der Waals surface area contributed by atoms with Crippen LogP contribution in [0.15, 0.2) is 18.5 Å². The molecule has 0 bridgehead atoms. The first-order chi connectivity index (χ1) is 9.17. The SMILES string of the molecule is Cn1ccc(CNC(=O)NC[C@H]2CC[C@@H](CO)O2)c1. The van der Waals surface area contributed by atoms with Crippen molar-refractivity contribution in [2.24, 2.45) is 7.05 Å². The fraction of sp³-hybridized carbons (Fsp3) is 0.615. The first kappa shape index (κ1) is 13.9. The van der Waals surface area contributed by atoms with Gasteiger partial charge in [0.15, 0.2) is 0 Å². The molecule has 106 valence electrons. The zero-order valence-electron chi connectivity index (χ0n) is 11.1. The van der Waals surface area contributed by atoms with E-state index >= 15 is 0 Å². The molecular weight excluding hydrogens is 246 g/mol. The summed E-state index contributed by atoms with van der Waals surface area (Å²) in [6, 6.07) is 1.77. The summed E-state index contributed by atoms with van der Waals surface area (Å²) < 4.78 is 7.47. The van der Waals surface area contributed by atoms with Crippen LogP contribution in [-0.2, 0) is 18.3 Å². The van der Waals surface area contributed by atoms with Crippen LogP contribution >= 0.6 is 0 Å². The van der Waals surface area contributed by atoms with E-state index in [1.165, 1.54) is 0 Å². The summed E-state index contributed by atoms with van der Waals surface area (Å²) in [6.07, 6.45) is 5.58. The average Bonchev–Trinajstić information content (AvgIpc) is 3.02. The molecule has 1 saturated heterocycles. The van der Waals surface area contributed by atoms with E-state index in [1.807, 2.05) is 30.1 Å². The summed E-state index contributed by atoms with van der Waals surface area (Å²) in [6.45, 7) is 1.05. The van der Waals surface area contributed by atoms with Crippen LogP contribution in [0.4, 0.5) is 4.79 Å². The van der Waals surface area contributed by atoms with Gasteiger partial charge in [0.05, 0.1) is 18.8 Å². The Bertz CT molecular complexity index is 419. The number of ether oxygens (including phenoxy) is 1. The number of aromatic nitrogens is 1. The molecule has 1 aliphatic rings. The van der Waals surface area contributed by atoms with Crippen molar-refractivity contribution in [1.82, 2.24) is 15.2 Å². The number of hydrogen-bond acceptors (Lipinski definition) is 3. The standard InChI is InChI=1S/C13H21N3O3/c1-16-5-4-10(8-16)6-14-13(18)15-7-11-2-3-12(9-17)19-11/h4-5,8,11-12,17H,2-3,6-7,9H2,1H3,(H2,14,15,18)/t11-,12+/m1/s1. The Morgan fingerprint density at radius 2 is 2.26 bits per heavy atom. The minimum Gasteiger partial charge on any atom is -0.394 e. The number of aliphatic hydroxyl groups excluding tert-OH is 1. The van der Waals surface area contributed by atoms with Gasteiger partial charge < -0.3 is 25.0 Å². The summed E-state index contributed by atoms with van der Waals surface area (Å²) in [5.74, 6) is 0. The summed E-state index contributed by atoms with van der Waals surface area (Å²) in [7, 11) is 1.94. The lowest BCUT2D eigenvalue weighted by Crippen LogP contribution is -2.39. The molecule has 1 aromatic heterocycles. The van der Waals surface area contributed by atoms with Gasteiger partial charge in [-0.15, -0.1) is 0 Å². The molecule has 0 spiro atoms. The minimum absolute atomic E-state index is 0.0135. The van der Waals surface area contributed by atoms with E-state index < -0.39 is 0 Å². The molecular formula is C13H21N3O3. The van der Waals surface area contributed by atoms with Crippen LogP contribution in [0, 0.1) is 0 Å². The van der Waals surface area contributed by atoms with Gasteiger partial charge in [0.1, 0.15) is 0 Å². The van der Waals surface area contributed by atoms with Crippen molar-refractivity contribution < 1.29 is 14.6 Å². The van der Waals surface area contributed by atoms with Gasteiger partial charge in [0.2, 0.25) is 0 Å². The molecule has 1 aromatic rings. The molecule has 0 unspecified atom stereocenters. The lowest BCUT2D eigenvalue weighted by molar-refractivity contribution is 0.0134. The van der Waals surface area contributed by atoms with Gasteiger partial charge in [-0.3, -0.25) is 0 Å². The number of nitrogens with zero attached hydrogens (tertiary/aromatic N) is 1. The Labute approximate surface area is 112 Å². The van der Waals surface area contributed by atoms with E-state index in [9.17, 15) is 4.79 Å². The smallest absolute Gasteiger partial charge is 0.315 e. The topological polar surface area (TPSA) is 75.5 Å². The Kier molecular flexibility index (Phi) is 4.81. The van der Waals surface area contributed by atoms with Crippen LogP contribution in [0.3, 0.4) is 0 Å². The molecule has 3 N–H and O–H groups in total. The van der Waals surface area contributed by atoms with Gasteiger partial charge in [0.25, 0.3) is 0 Å². The van der Waals surface area contributed by atoms with Gasteiger partial charge in [-0.25, -0.2) is 4.79 Å². The van der Waals surface area contributed by atoms with Gasteiger partial charge in [0, 0.05) is 32.5 Å². The first-order valence-electron chi connectivity index (χ1n) is 6.56. The van der Waals surface area contributed by atoms with Crippen molar-refractivity contribution in [2.45, 2.75) is 31.6 Å². The van der Waals surface area contributed by atoms with E-state index in [1.54, 1.807) is 0 Å². The Hall–Kier alpha value is -1.53. The van der Waals surface area contributed by atoms with Gasteiger partial charge in [-0.05, 0) is 24.5 Å². The number of aryl methyl sites for hydroxylation is 1. The van der Waals surface area contributed by atoms with E-state index in [-0.39, 0.29) is 24.8 Å². The number of amides is 2. The third-order valence-electron chi connectivity index (χ3n) is 3.24. The van der Waals surface area contributed by atoms with Crippen molar-refractivity contribution in [3.63, 3.8) is 0 Å². The molecule has 2 atom stereocenters. The number of urea groups is 1. The predicted molar refractivity (Wildman–Crippen MR) is 70.6 cm³/mol. The van der Waals surface area contributed by atoms with Crippen molar-refractivity contribution >= 4 is 6.03 Å². The summed E-state index contributed by atoms with van der Waals surface area (Å²) in [4.78, 5) is 11.6. The first-order valence-corrected chi connectivity index (χ1v) is 6.56. The van der Waals surface area contributed by atoms with Crippen molar-refractivity contribution in [3.05, 3.63) is 24.0 Å². The van der Waals surface area contributed by atoms with E-state index in [2.05, 4.69) is 10.6 Å². The molecule has 2 heterocycles. The molecule has 2 rings (SSSR count). The highest BCUT2D eigenvalue weighted by atomic mass is 16.5. The molecule has 0 aromatic carbocycles. The maximum absolute atomic E-state index is 11.6. The largest absolute Gasteiger partial charge is 0.394 e. The molecule has 6 heteroatoms. The van der Waals surface area contributed by atoms with Crippen molar-refractivity contribution in [1.29, 1.82) is 0 Å². The van der Waals surface area contributed by atoms with Crippen LogP contribution in [0.1, 0.15) is 18.4 Å². The van der Waals surface area contributed by atoms with Gasteiger partial charge in [-0.2, -0.15) is 0 Å². The monoisotopic (exact) mass is 267 g/mol. The lowest BCUT2D eigenvalue weighted by atomic mass is 10.2. The van der Waals surface area contributed by atoms with Gasteiger partial charge >= 0.3 is 6.03 Å². The molecule has 0 aliphatic carbocycles. The molecule has 0 saturated carbocycles. The minimum atomic E-state index is -0.195. The fourth-order valence-electron chi connectivity index (χ4n) is 2.18. The van der Waals surface area contributed by atoms with E-state index in [0.717, 1.165) is 18.4 Å². The number of carbonyl (C=O) groups excluding carboxylic acids is 1. The van der Waals surface area contributed by atoms with E-state index in [0.29, 0.717) is 13.1 Å². The number of hydrogen-bond donors (Lipinski definition) is 3. The van der Waals surface area contributed by atoms with Crippen molar-refractivity contribution in [2.75, 3.05) is 13.2 Å². The number of aliphatic hydroxyl groups is 1. The molecule has 1 aliphatic heterocycles.